The van der Waals surface area contributed by atoms with Crippen molar-refractivity contribution in [2.24, 2.45) is 0 Å². The highest BCUT2D eigenvalue weighted by Crippen LogP contribution is 2.15. The predicted octanol–water partition coefficient (Wildman–Crippen LogP) is 0.828. The first-order valence-electron chi connectivity index (χ1n) is 5.95. The van der Waals surface area contributed by atoms with E-state index in [1.54, 1.807) is 4.90 Å². The van der Waals surface area contributed by atoms with Gasteiger partial charge in [0, 0.05) is 11.1 Å². The van der Waals surface area contributed by atoms with Crippen LogP contribution in [0.1, 0.15) is 11.5 Å². The van der Waals surface area contributed by atoms with Crippen molar-refractivity contribution in [1.29, 1.82) is 0 Å². The Hall–Kier alpha value is -2.01. The molecule has 1 aliphatic heterocycles. The van der Waals surface area contributed by atoms with Crippen LogP contribution in [0.5, 0.6) is 0 Å². The molecule has 1 amide bonds. The molecule has 0 bridgehead atoms. The number of aryl methyl sites for hydroxylation is 1. The molecule has 1 aromatic carbocycles. The van der Waals surface area contributed by atoms with Gasteiger partial charge in [-0.2, -0.15) is 0 Å². The minimum Gasteiger partial charge on any atom is -0.321 e. The third-order valence-corrected chi connectivity index (χ3v) is 3.10. The summed E-state index contributed by atoms with van der Waals surface area (Å²) in [6.07, 6.45) is 0. The van der Waals surface area contributed by atoms with Gasteiger partial charge in [-0.05, 0) is 13.0 Å². The first-order chi connectivity index (χ1) is 8.74. The van der Waals surface area contributed by atoms with Crippen LogP contribution < -0.4 is 5.32 Å². The van der Waals surface area contributed by atoms with Gasteiger partial charge in [0.15, 0.2) is 0 Å². The first-order valence-corrected chi connectivity index (χ1v) is 5.95. The molecule has 0 spiro atoms. The highest BCUT2D eigenvalue weighted by atomic mass is 16.2. The molecule has 1 N–H and O–H groups in total. The molecule has 0 unspecified atom stereocenters. The molecule has 5 nitrogen and oxygen atoms in total. The van der Waals surface area contributed by atoms with Crippen LogP contribution in [-0.2, 0) is 11.3 Å². The highest BCUT2D eigenvalue weighted by Gasteiger charge is 2.20. The van der Waals surface area contributed by atoms with E-state index < -0.39 is 0 Å². The lowest BCUT2D eigenvalue weighted by molar-refractivity contribution is -0.127. The van der Waals surface area contributed by atoms with Gasteiger partial charge < -0.3 is 4.90 Å². The second kappa shape index (κ2) is 4.34. The van der Waals surface area contributed by atoms with E-state index >= 15 is 0 Å². The van der Waals surface area contributed by atoms with Crippen molar-refractivity contribution in [2.45, 2.75) is 13.5 Å². The number of carbonyl (C=O) groups is 1. The average Bonchev–Trinajstić information content (AvgIpc) is 2.75. The third kappa shape index (κ3) is 1.93. The highest BCUT2D eigenvalue weighted by molar-refractivity contribution is 5.81. The minimum atomic E-state index is 0.101. The number of rotatable bonds is 2. The summed E-state index contributed by atoms with van der Waals surface area (Å²) in [5, 5.41) is 4.08. The molecular formula is C13H14N4O. The number of para-hydroxylation sites is 1. The predicted molar refractivity (Wildman–Crippen MR) is 67.7 cm³/mol. The van der Waals surface area contributed by atoms with E-state index in [4.69, 9.17) is 0 Å². The lowest BCUT2D eigenvalue weighted by atomic mass is 10.2. The van der Waals surface area contributed by atoms with E-state index in [1.807, 2.05) is 31.2 Å². The summed E-state index contributed by atoms with van der Waals surface area (Å²) >= 11 is 0. The summed E-state index contributed by atoms with van der Waals surface area (Å²) in [4.78, 5) is 22.2. The molecule has 1 saturated heterocycles. The second-order valence-corrected chi connectivity index (χ2v) is 4.42. The summed E-state index contributed by atoms with van der Waals surface area (Å²) in [5.74, 6) is 0.799. The molecule has 1 aromatic heterocycles. The van der Waals surface area contributed by atoms with E-state index in [9.17, 15) is 4.79 Å². The van der Waals surface area contributed by atoms with Crippen molar-refractivity contribution < 1.29 is 4.79 Å². The minimum absolute atomic E-state index is 0.101. The average molecular weight is 242 g/mol. The summed E-state index contributed by atoms with van der Waals surface area (Å²) in [7, 11) is 0. The maximum atomic E-state index is 11.5. The zero-order valence-corrected chi connectivity index (χ0v) is 10.2. The van der Waals surface area contributed by atoms with Crippen LogP contribution in [0, 0.1) is 6.92 Å². The Morgan fingerprint density at radius 2 is 2.17 bits per heavy atom. The molecule has 92 valence electrons. The summed E-state index contributed by atoms with van der Waals surface area (Å²) in [6, 6.07) is 7.92. The molecule has 3 rings (SSSR count). The molecule has 0 atom stereocenters. The Kier molecular flexibility index (Phi) is 2.68. The van der Waals surface area contributed by atoms with Crippen molar-refractivity contribution in [2.75, 3.05) is 13.2 Å². The Morgan fingerprint density at radius 3 is 2.94 bits per heavy atom. The number of hydrogen-bond donors (Lipinski definition) is 1. The van der Waals surface area contributed by atoms with Crippen molar-refractivity contribution in [1.82, 2.24) is 20.2 Å². The molecule has 0 radical (unpaired) electrons. The van der Waals surface area contributed by atoms with Gasteiger partial charge in [-0.25, -0.2) is 9.97 Å². The van der Waals surface area contributed by atoms with Gasteiger partial charge in [-0.15, -0.1) is 0 Å². The molecular weight excluding hydrogens is 228 g/mol. The number of hydrogen-bond acceptors (Lipinski definition) is 4. The zero-order valence-electron chi connectivity index (χ0n) is 10.2. The molecule has 1 aliphatic rings. The van der Waals surface area contributed by atoms with Gasteiger partial charge in [-0.1, -0.05) is 18.2 Å². The fourth-order valence-electron chi connectivity index (χ4n) is 2.18. The Bertz CT molecular complexity index is 611. The maximum absolute atomic E-state index is 11.5. The Balaban J connectivity index is 1.95. The Labute approximate surface area is 105 Å². The molecule has 0 saturated carbocycles. The number of aromatic nitrogens is 2. The van der Waals surface area contributed by atoms with Crippen molar-refractivity contribution in [3.8, 4) is 0 Å². The van der Waals surface area contributed by atoms with Crippen LogP contribution in [0.25, 0.3) is 10.9 Å². The first kappa shape index (κ1) is 11.1. The summed E-state index contributed by atoms with van der Waals surface area (Å²) < 4.78 is 0. The number of fused-ring (bicyclic) bond motifs is 1. The molecule has 1 fully saturated rings. The number of amides is 1. The number of nitrogens with one attached hydrogen (secondary N) is 1. The van der Waals surface area contributed by atoms with E-state index in [-0.39, 0.29) is 5.91 Å². The van der Waals surface area contributed by atoms with Gasteiger partial charge in [0.1, 0.15) is 5.82 Å². The molecule has 5 heteroatoms. The van der Waals surface area contributed by atoms with Gasteiger partial charge >= 0.3 is 0 Å². The van der Waals surface area contributed by atoms with E-state index in [1.165, 1.54) is 0 Å². The van der Waals surface area contributed by atoms with E-state index in [2.05, 4.69) is 15.3 Å². The third-order valence-electron chi connectivity index (χ3n) is 3.10. The van der Waals surface area contributed by atoms with Crippen LogP contribution in [0.3, 0.4) is 0 Å². The van der Waals surface area contributed by atoms with Crippen LogP contribution in [0.2, 0.25) is 0 Å². The lowest BCUT2D eigenvalue weighted by Crippen LogP contribution is -2.26. The quantitative estimate of drug-likeness (QED) is 0.847. The Morgan fingerprint density at radius 1 is 1.33 bits per heavy atom. The van der Waals surface area contributed by atoms with Crippen LogP contribution >= 0.6 is 0 Å². The monoisotopic (exact) mass is 242 g/mol. The van der Waals surface area contributed by atoms with Gasteiger partial charge in [0.25, 0.3) is 0 Å². The normalized spacial score (nSPS) is 15.6. The van der Waals surface area contributed by atoms with E-state index in [0.717, 1.165) is 16.6 Å². The molecule has 18 heavy (non-hydrogen) atoms. The van der Waals surface area contributed by atoms with Crippen LogP contribution in [0.15, 0.2) is 24.3 Å². The molecule has 2 heterocycles. The lowest BCUT2D eigenvalue weighted by Gasteiger charge is -2.14. The van der Waals surface area contributed by atoms with Crippen molar-refractivity contribution in [3.63, 3.8) is 0 Å². The van der Waals surface area contributed by atoms with Crippen LogP contribution in [0.4, 0.5) is 0 Å². The zero-order chi connectivity index (χ0) is 12.5. The molecule has 2 aromatic rings. The topological polar surface area (TPSA) is 58.1 Å². The summed E-state index contributed by atoms with van der Waals surface area (Å²) in [6.45, 7) is 3.43. The van der Waals surface area contributed by atoms with Gasteiger partial charge in [-0.3, -0.25) is 10.1 Å². The van der Waals surface area contributed by atoms with Crippen molar-refractivity contribution >= 4 is 16.8 Å². The van der Waals surface area contributed by atoms with Crippen molar-refractivity contribution in [3.05, 3.63) is 35.8 Å². The largest absolute Gasteiger partial charge is 0.321 e. The second-order valence-electron chi connectivity index (χ2n) is 4.42. The number of benzene rings is 1. The smallest absolute Gasteiger partial charge is 0.238 e. The van der Waals surface area contributed by atoms with E-state index in [0.29, 0.717) is 25.6 Å². The fourth-order valence-corrected chi connectivity index (χ4v) is 2.18. The SMILES string of the molecule is Cc1nc(CN2CNCC2=O)nc2ccccc12. The van der Waals surface area contributed by atoms with Gasteiger partial charge in [0.05, 0.1) is 25.3 Å². The maximum Gasteiger partial charge on any atom is 0.238 e. The number of nitrogens with zero attached hydrogens (tertiary/aromatic N) is 3. The van der Waals surface area contributed by atoms with Crippen LogP contribution in [-0.4, -0.2) is 34.0 Å². The fraction of sp³-hybridized carbons (Fsp3) is 0.308. The van der Waals surface area contributed by atoms with Gasteiger partial charge in [0.2, 0.25) is 5.91 Å². The number of carbonyl (C=O) groups excluding carboxylic acids is 1. The molecule has 0 aliphatic carbocycles. The standard InChI is InChI=1S/C13H14N4O/c1-9-10-4-2-3-5-11(10)16-12(15-9)7-17-8-14-6-13(17)18/h2-5,14H,6-8H2,1H3. The summed E-state index contributed by atoms with van der Waals surface area (Å²) in [5.41, 5.74) is 1.88.